The lowest BCUT2D eigenvalue weighted by Crippen LogP contribution is -2.36. The van der Waals surface area contributed by atoms with E-state index in [0.29, 0.717) is 18.0 Å². The van der Waals surface area contributed by atoms with Gasteiger partial charge in [0.05, 0.1) is 11.5 Å². The van der Waals surface area contributed by atoms with E-state index >= 15 is 0 Å². The molecule has 5 nitrogen and oxygen atoms in total. The average molecular weight is 314 g/mol. The van der Waals surface area contributed by atoms with Gasteiger partial charge in [-0.1, -0.05) is 19.1 Å². The average Bonchev–Trinajstić information content (AvgIpc) is 2.40. The summed E-state index contributed by atoms with van der Waals surface area (Å²) >= 11 is 0. The molecule has 0 amide bonds. The standard InChI is InChI=1S/C15H26N2O3S/c1-5-8-16-10-14-7-6-12(2)15(9-14)21(18,19)17-13(3)11-20-4/h6-7,9,13,16-17H,5,8,10-11H2,1-4H3. The molecule has 0 radical (unpaired) electrons. The van der Waals surface area contributed by atoms with Crippen molar-refractivity contribution in [2.45, 2.75) is 44.7 Å². The van der Waals surface area contributed by atoms with Crippen molar-refractivity contribution in [2.75, 3.05) is 20.3 Å². The predicted octanol–water partition coefficient (Wildman–Crippen LogP) is 1.81. The zero-order valence-corrected chi connectivity index (χ0v) is 14.1. The maximum absolute atomic E-state index is 12.4. The van der Waals surface area contributed by atoms with Gasteiger partial charge >= 0.3 is 0 Å². The number of nitrogens with one attached hydrogen (secondary N) is 2. The van der Waals surface area contributed by atoms with Crippen molar-refractivity contribution in [3.63, 3.8) is 0 Å². The SMILES string of the molecule is CCCNCc1ccc(C)c(S(=O)(=O)NC(C)COC)c1. The fraction of sp³-hybridized carbons (Fsp3) is 0.600. The Bertz CT molecular complexity index is 544. The fourth-order valence-corrected chi connectivity index (χ4v) is 3.59. The van der Waals surface area contributed by atoms with Crippen molar-refractivity contribution in [1.29, 1.82) is 0 Å². The van der Waals surface area contributed by atoms with E-state index < -0.39 is 10.0 Å². The van der Waals surface area contributed by atoms with Crippen molar-refractivity contribution in [1.82, 2.24) is 10.0 Å². The highest BCUT2D eigenvalue weighted by Crippen LogP contribution is 2.17. The van der Waals surface area contributed by atoms with Crippen LogP contribution < -0.4 is 10.0 Å². The van der Waals surface area contributed by atoms with Crippen LogP contribution in [0.1, 0.15) is 31.4 Å². The summed E-state index contributed by atoms with van der Waals surface area (Å²) in [7, 11) is -1.97. The first kappa shape index (κ1) is 18.1. The van der Waals surface area contributed by atoms with Gasteiger partial charge in [0.1, 0.15) is 0 Å². The molecule has 0 spiro atoms. The molecule has 0 saturated carbocycles. The van der Waals surface area contributed by atoms with Gasteiger partial charge in [0.2, 0.25) is 10.0 Å². The predicted molar refractivity (Wildman–Crippen MR) is 84.8 cm³/mol. The maximum Gasteiger partial charge on any atom is 0.241 e. The molecular weight excluding hydrogens is 288 g/mol. The van der Waals surface area contributed by atoms with Crippen LogP contribution in [-0.2, 0) is 21.3 Å². The third-order valence-electron chi connectivity index (χ3n) is 3.07. The second kappa shape index (κ2) is 8.48. The van der Waals surface area contributed by atoms with Crippen molar-refractivity contribution < 1.29 is 13.2 Å². The third kappa shape index (κ3) is 5.74. The molecule has 6 heteroatoms. The zero-order chi connectivity index (χ0) is 15.9. The first-order valence-electron chi connectivity index (χ1n) is 7.22. The van der Waals surface area contributed by atoms with Gasteiger partial charge in [-0.2, -0.15) is 0 Å². The first-order valence-corrected chi connectivity index (χ1v) is 8.70. The van der Waals surface area contributed by atoms with Gasteiger partial charge in [-0.05, 0) is 44.0 Å². The summed E-state index contributed by atoms with van der Waals surface area (Å²) in [5.41, 5.74) is 1.71. The third-order valence-corrected chi connectivity index (χ3v) is 4.80. The minimum absolute atomic E-state index is 0.263. The number of hydrogen-bond donors (Lipinski definition) is 2. The molecule has 1 aromatic rings. The van der Waals surface area contributed by atoms with Gasteiger partial charge in [0.25, 0.3) is 0 Å². The zero-order valence-electron chi connectivity index (χ0n) is 13.3. The van der Waals surface area contributed by atoms with Crippen LogP contribution in [0.3, 0.4) is 0 Å². The van der Waals surface area contributed by atoms with Crippen LogP contribution in [0, 0.1) is 6.92 Å². The van der Waals surface area contributed by atoms with Crippen LogP contribution >= 0.6 is 0 Å². The summed E-state index contributed by atoms with van der Waals surface area (Å²) in [5.74, 6) is 0. The second-order valence-electron chi connectivity index (χ2n) is 5.25. The topological polar surface area (TPSA) is 67.4 Å². The molecule has 1 unspecified atom stereocenters. The lowest BCUT2D eigenvalue weighted by atomic mass is 10.1. The molecule has 120 valence electrons. The molecule has 0 aromatic heterocycles. The largest absolute Gasteiger partial charge is 0.383 e. The van der Waals surface area contributed by atoms with E-state index in [1.807, 2.05) is 12.1 Å². The molecule has 21 heavy (non-hydrogen) atoms. The Balaban J connectivity index is 2.91. The number of methoxy groups -OCH3 is 1. The number of benzene rings is 1. The Labute approximate surface area is 128 Å². The number of rotatable bonds is 9. The number of hydrogen-bond acceptors (Lipinski definition) is 4. The number of sulfonamides is 1. The summed E-state index contributed by atoms with van der Waals surface area (Å²) in [4.78, 5) is 0.334. The molecule has 0 aliphatic heterocycles. The van der Waals surface area contributed by atoms with E-state index in [4.69, 9.17) is 4.74 Å². The van der Waals surface area contributed by atoms with Crippen molar-refractivity contribution >= 4 is 10.0 Å². The van der Waals surface area contributed by atoms with Crippen LogP contribution in [0.2, 0.25) is 0 Å². The van der Waals surface area contributed by atoms with Crippen LogP contribution in [-0.4, -0.2) is 34.7 Å². The molecule has 0 aliphatic carbocycles. The van der Waals surface area contributed by atoms with E-state index in [9.17, 15) is 8.42 Å². The molecule has 0 fully saturated rings. The van der Waals surface area contributed by atoms with Crippen LogP contribution in [0.25, 0.3) is 0 Å². The Kier molecular flexibility index (Phi) is 7.31. The van der Waals surface area contributed by atoms with Gasteiger partial charge in [0.15, 0.2) is 0 Å². The molecule has 1 aromatic carbocycles. The fourth-order valence-electron chi connectivity index (χ4n) is 2.07. The van der Waals surface area contributed by atoms with E-state index in [1.54, 1.807) is 27.0 Å². The molecular formula is C15H26N2O3S. The van der Waals surface area contributed by atoms with E-state index in [2.05, 4.69) is 17.0 Å². The smallest absolute Gasteiger partial charge is 0.241 e. The van der Waals surface area contributed by atoms with Crippen molar-refractivity contribution in [3.8, 4) is 0 Å². The monoisotopic (exact) mass is 314 g/mol. The summed E-state index contributed by atoms with van der Waals surface area (Å²) in [5, 5.41) is 3.28. The summed E-state index contributed by atoms with van der Waals surface area (Å²) in [6.45, 7) is 7.61. The molecule has 0 aliphatic rings. The van der Waals surface area contributed by atoms with Gasteiger partial charge in [0, 0.05) is 19.7 Å². The summed E-state index contributed by atoms with van der Waals surface area (Å²) in [6, 6.07) is 5.27. The first-order chi connectivity index (χ1) is 9.90. The Hall–Kier alpha value is -0.950. The number of aryl methyl sites for hydroxylation is 1. The highest BCUT2D eigenvalue weighted by atomic mass is 32.2. The Morgan fingerprint density at radius 1 is 1.33 bits per heavy atom. The van der Waals surface area contributed by atoms with Crippen LogP contribution in [0.4, 0.5) is 0 Å². The lowest BCUT2D eigenvalue weighted by molar-refractivity contribution is 0.180. The van der Waals surface area contributed by atoms with Gasteiger partial charge < -0.3 is 10.1 Å². The van der Waals surface area contributed by atoms with Crippen molar-refractivity contribution in [3.05, 3.63) is 29.3 Å². The highest BCUT2D eigenvalue weighted by Gasteiger charge is 2.19. The molecule has 1 atom stereocenters. The second-order valence-corrected chi connectivity index (χ2v) is 6.94. The molecule has 2 N–H and O–H groups in total. The molecule has 0 saturated heterocycles. The maximum atomic E-state index is 12.4. The highest BCUT2D eigenvalue weighted by molar-refractivity contribution is 7.89. The van der Waals surface area contributed by atoms with Crippen LogP contribution in [0.15, 0.2) is 23.1 Å². The summed E-state index contributed by atoms with van der Waals surface area (Å²) in [6.07, 6.45) is 1.05. The quantitative estimate of drug-likeness (QED) is 0.682. The van der Waals surface area contributed by atoms with E-state index in [-0.39, 0.29) is 6.04 Å². The van der Waals surface area contributed by atoms with Gasteiger partial charge in [-0.25, -0.2) is 13.1 Å². The minimum Gasteiger partial charge on any atom is -0.383 e. The van der Waals surface area contributed by atoms with Crippen LogP contribution in [0.5, 0.6) is 0 Å². The van der Waals surface area contributed by atoms with E-state index in [1.165, 1.54) is 0 Å². The normalized spacial score (nSPS) is 13.3. The van der Waals surface area contributed by atoms with Crippen molar-refractivity contribution in [2.24, 2.45) is 0 Å². The molecule has 0 bridgehead atoms. The molecule has 1 rings (SSSR count). The number of ether oxygens (including phenoxy) is 1. The van der Waals surface area contributed by atoms with Gasteiger partial charge in [-0.3, -0.25) is 0 Å². The Morgan fingerprint density at radius 2 is 2.05 bits per heavy atom. The molecule has 0 heterocycles. The lowest BCUT2D eigenvalue weighted by Gasteiger charge is -2.15. The Morgan fingerprint density at radius 3 is 2.67 bits per heavy atom. The van der Waals surface area contributed by atoms with E-state index in [0.717, 1.165) is 24.1 Å². The summed E-state index contributed by atoms with van der Waals surface area (Å²) < 4.78 is 32.5. The van der Waals surface area contributed by atoms with Gasteiger partial charge in [-0.15, -0.1) is 0 Å². The minimum atomic E-state index is -3.52.